The van der Waals surface area contributed by atoms with Gasteiger partial charge in [-0.1, -0.05) is 0 Å². The van der Waals surface area contributed by atoms with Crippen molar-refractivity contribution < 1.29 is 4.79 Å². The lowest BCUT2D eigenvalue weighted by molar-refractivity contribution is 0.0944. The molecule has 0 aromatic carbocycles. The lowest BCUT2D eigenvalue weighted by Crippen LogP contribution is -2.24. The van der Waals surface area contributed by atoms with Crippen LogP contribution in [0.15, 0.2) is 35.2 Å². The van der Waals surface area contributed by atoms with Crippen LogP contribution < -0.4 is 5.32 Å². The van der Waals surface area contributed by atoms with E-state index in [0.29, 0.717) is 22.4 Å². The summed E-state index contributed by atoms with van der Waals surface area (Å²) in [6, 6.07) is 3.63. The Kier molecular flexibility index (Phi) is 3.70. The Hall–Kier alpha value is -2.22. The van der Waals surface area contributed by atoms with Crippen molar-refractivity contribution in [3.63, 3.8) is 0 Å². The minimum Gasteiger partial charge on any atom is -0.345 e. The van der Waals surface area contributed by atoms with Crippen LogP contribution in [0.5, 0.6) is 0 Å². The van der Waals surface area contributed by atoms with Crippen LogP contribution >= 0.6 is 15.9 Å². The number of carbonyl (C=O) groups excluding carboxylic acids is 1. The minimum absolute atomic E-state index is 0.265. The fourth-order valence-corrected chi connectivity index (χ4v) is 2.48. The van der Waals surface area contributed by atoms with Gasteiger partial charge in [0.25, 0.3) is 5.91 Å². The van der Waals surface area contributed by atoms with Gasteiger partial charge in [0.1, 0.15) is 0 Å². The van der Waals surface area contributed by atoms with E-state index >= 15 is 0 Å². The second kappa shape index (κ2) is 5.65. The monoisotopic (exact) mass is 348 g/mol. The number of halogens is 1. The van der Waals surface area contributed by atoms with Gasteiger partial charge < -0.3 is 5.32 Å². The first kappa shape index (κ1) is 13.7. The van der Waals surface area contributed by atoms with E-state index in [-0.39, 0.29) is 5.91 Å². The van der Waals surface area contributed by atoms with Gasteiger partial charge in [-0.3, -0.25) is 9.48 Å². The predicted molar refractivity (Wildman–Crippen MR) is 79.8 cm³/mol. The lowest BCUT2D eigenvalue weighted by Gasteiger charge is -2.00. The smallest absolute Gasteiger partial charge is 0.273 e. The number of aryl methyl sites for hydroxylation is 1. The molecule has 0 bridgehead atoms. The molecule has 3 aromatic rings. The summed E-state index contributed by atoms with van der Waals surface area (Å²) in [4.78, 5) is 16.4. The van der Waals surface area contributed by atoms with E-state index in [4.69, 9.17) is 0 Å². The SMILES string of the molecule is CCn1ccc(CNC(=O)c2nn3cccnc3c2Br)n1. The quantitative estimate of drug-likeness (QED) is 0.777. The van der Waals surface area contributed by atoms with E-state index in [1.807, 2.05) is 23.9 Å². The molecule has 7 nitrogen and oxygen atoms in total. The third kappa shape index (κ3) is 2.66. The molecule has 21 heavy (non-hydrogen) atoms. The molecule has 0 saturated carbocycles. The second-order valence-electron chi connectivity index (χ2n) is 4.40. The van der Waals surface area contributed by atoms with Crippen LogP contribution in [0.4, 0.5) is 0 Å². The van der Waals surface area contributed by atoms with E-state index in [9.17, 15) is 4.79 Å². The number of hydrogen-bond acceptors (Lipinski definition) is 4. The maximum atomic E-state index is 12.2. The number of fused-ring (bicyclic) bond motifs is 1. The van der Waals surface area contributed by atoms with Crippen molar-refractivity contribution in [1.29, 1.82) is 0 Å². The maximum Gasteiger partial charge on any atom is 0.273 e. The Balaban J connectivity index is 1.76. The molecule has 3 aromatic heterocycles. The molecular weight excluding hydrogens is 336 g/mol. The standard InChI is InChI=1S/C13H13BrN6O/c1-2-19-7-4-9(17-19)8-16-13(21)11-10(14)12-15-5-3-6-20(12)18-11/h3-7H,2,8H2,1H3,(H,16,21). The van der Waals surface area contributed by atoms with Crippen LogP contribution in [0.1, 0.15) is 23.1 Å². The summed E-state index contributed by atoms with van der Waals surface area (Å²) < 4.78 is 3.96. The minimum atomic E-state index is -0.265. The van der Waals surface area contributed by atoms with Crippen LogP contribution in [0.2, 0.25) is 0 Å². The molecule has 0 aliphatic carbocycles. The molecule has 0 spiro atoms. The Labute approximate surface area is 129 Å². The van der Waals surface area contributed by atoms with E-state index in [2.05, 4.69) is 36.4 Å². The summed E-state index contributed by atoms with van der Waals surface area (Å²) in [5.74, 6) is -0.265. The number of carbonyl (C=O) groups is 1. The van der Waals surface area contributed by atoms with Gasteiger partial charge in [0.05, 0.1) is 16.7 Å². The van der Waals surface area contributed by atoms with Gasteiger partial charge in [-0.05, 0) is 35.0 Å². The first-order chi connectivity index (χ1) is 10.2. The zero-order valence-electron chi connectivity index (χ0n) is 11.3. The van der Waals surface area contributed by atoms with Gasteiger partial charge in [-0.15, -0.1) is 0 Å². The van der Waals surface area contributed by atoms with Gasteiger partial charge in [0.2, 0.25) is 0 Å². The van der Waals surface area contributed by atoms with Crippen LogP contribution in [0.3, 0.4) is 0 Å². The Morgan fingerprint density at radius 1 is 1.38 bits per heavy atom. The van der Waals surface area contributed by atoms with Crippen molar-refractivity contribution in [2.24, 2.45) is 0 Å². The first-order valence-electron chi connectivity index (χ1n) is 6.48. The number of aromatic nitrogens is 5. The predicted octanol–water partition coefficient (Wildman–Crippen LogP) is 1.64. The molecule has 0 aliphatic heterocycles. The van der Waals surface area contributed by atoms with E-state index in [1.54, 1.807) is 23.0 Å². The third-order valence-corrected chi connectivity index (χ3v) is 3.73. The highest BCUT2D eigenvalue weighted by atomic mass is 79.9. The third-order valence-electron chi connectivity index (χ3n) is 3.00. The highest BCUT2D eigenvalue weighted by Gasteiger charge is 2.18. The van der Waals surface area contributed by atoms with Crippen molar-refractivity contribution in [2.45, 2.75) is 20.0 Å². The zero-order valence-corrected chi connectivity index (χ0v) is 12.9. The lowest BCUT2D eigenvalue weighted by atomic mass is 10.3. The Morgan fingerprint density at radius 2 is 2.24 bits per heavy atom. The molecular formula is C13H13BrN6O. The first-order valence-corrected chi connectivity index (χ1v) is 7.27. The van der Waals surface area contributed by atoms with Gasteiger partial charge in [0, 0.05) is 25.1 Å². The summed E-state index contributed by atoms with van der Waals surface area (Å²) in [6.07, 6.45) is 5.28. The molecule has 0 unspecified atom stereocenters. The van der Waals surface area contributed by atoms with Crippen molar-refractivity contribution >= 4 is 27.5 Å². The number of rotatable bonds is 4. The largest absolute Gasteiger partial charge is 0.345 e. The van der Waals surface area contributed by atoms with Crippen LogP contribution in [0.25, 0.3) is 5.65 Å². The normalized spacial score (nSPS) is 11.0. The Bertz CT molecular complexity index is 793. The molecule has 8 heteroatoms. The van der Waals surface area contributed by atoms with Gasteiger partial charge in [-0.2, -0.15) is 10.2 Å². The van der Waals surface area contributed by atoms with E-state index in [0.717, 1.165) is 12.2 Å². The number of nitrogens with one attached hydrogen (secondary N) is 1. The number of amides is 1. The van der Waals surface area contributed by atoms with E-state index in [1.165, 1.54) is 0 Å². The van der Waals surface area contributed by atoms with Crippen molar-refractivity contribution in [3.8, 4) is 0 Å². The molecule has 3 rings (SSSR count). The molecule has 0 atom stereocenters. The maximum absolute atomic E-state index is 12.2. The molecule has 0 radical (unpaired) electrons. The van der Waals surface area contributed by atoms with Gasteiger partial charge >= 0.3 is 0 Å². The van der Waals surface area contributed by atoms with Crippen LogP contribution in [-0.4, -0.2) is 30.3 Å². The summed E-state index contributed by atoms with van der Waals surface area (Å²) in [5.41, 5.74) is 1.73. The van der Waals surface area contributed by atoms with Gasteiger partial charge in [0.15, 0.2) is 11.3 Å². The average molecular weight is 349 g/mol. The molecule has 0 aliphatic rings. The summed E-state index contributed by atoms with van der Waals surface area (Å²) >= 11 is 3.37. The zero-order chi connectivity index (χ0) is 14.8. The second-order valence-corrected chi connectivity index (χ2v) is 5.19. The van der Waals surface area contributed by atoms with Crippen LogP contribution in [0, 0.1) is 0 Å². The molecule has 3 heterocycles. The van der Waals surface area contributed by atoms with Crippen LogP contribution in [-0.2, 0) is 13.1 Å². The van der Waals surface area contributed by atoms with Crippen molar-refractivity contribution in [1.82, 2.24) is 29.7 Å². The topological polar surface area (TPSA) is 77.1 Å². The molecule has 108 valence electrons. The molecule has 0 fully saturated rings. The van der Waals surface area contributed by atoms with Crippen molar-refractivity contribution in [2.75, 3.05) is 0 Å². The fraction of sp³-hybridized carbons (Fsp3) is 0.231. The number of nitrogens with zero attached hydrogens (tertiary/aromatic N) is 5. The summed E-state index contributed by atoms with van der Waals surface area (Å²) in [5, 5.41) is 11.3. The highest BCUT2D eigenvalue weighted by molar-refractivity contribution is 9.10. The fourth-order valence-electron chi connectivity index (χ4n) is 1.93. The summed E-state index contributed by atoms with van der Waals surface area (Å²) in [6.45, 7) is 3.17. The van der Waals surface area contributed by atoms with Crippen molar-refractivity contribution in [3.05, 3.63) is 46.6 Å². The number of hydrogen-bond donors (Lipinski definition) is 1. The van der Waals surface area contributed by atoms with Gasteiger partial charge in [-0.25, -0.2) is 9.50 Å². The average Bonchev–Trinajstić information content (AvgIpc) is 3.10. The Morgan fingerprint density at radius 3 is 2.95 bits per heavy atom. The van der Waals surface area contributed by atoms with E-state index < -0.39 is 0 Å². The molecule has 1 amide bonds. The molecule has 1 N–H and O–H groups in total. The summed E-state index contributed by atoms with van der Waals surface area (Å²) in [7, 11) is 0. The highest BCUT2D eigenvalue weighted by Crippen LogP contribution is 2.20. The molecule has 0 saturated heterocycles.